The maximum Gasteiger partial charge on any atom is 0.237 e. The Labute approximate surface area is 127 Å². The normalized spacial score (nSPS) is 24.9. The first-order valence-electron chi connectivity index (χ1n) is 7.59. The molecule has 0 spiro atoms. The second kappa shape index (κ2) is 5.92. The Balaban J connectivity index is 1.92. The lowest BCUT2D eigenvalue weighted by molar-refractivity contribution is -0.136. The van der Waals surface area contributed by atoms with Crippen LogP contribution in [-0.4, -0.2) is 80.3 Å². The summed E-state index contributed by atoms with van der Waals surface area (Å²) in [6.07, 6.45) is 1.96. The highest BCUT2D eigenvalue weighted by Crippen LogP contribution is 2.31. The zero-order valence-corrected chi connectivity index (χ0v) is 13.4. The minimum absolute atomic E-state index is 0.0884. The number of nitrogens with zero attached hydrogens (tertiary/aromatic N) is 3. The lowest BCUT2D eigenvalue weighted by Gasteiger charge is -2.43. The lowest BCUT2D eigenvalue weighted by Crippen LogP contribution is -2.55. The molecule has 2 heterocycles. The molecule has 2 aliphatic heterocycles. The van der Waals surface area contributed by atoms with Gasteiger partial charge in [0, 0.05) is 32.7 Å². The van der Waals surface area contributed by atoms with Crippen LogP contribution in [0.5, 0.6) is 0 Å². The van der Waals surface area contributed by atoms with E-state index in [1.54, 1.807) is 4.90 Å². The van der Waals surface area contributed by atoms with Crippen molar-refractivity contribution in [2.75, 3.05) is 45.5 Å². The summed E-state index contributed by atoms with van der Waals surface area (Å²) in [6, 6.07) is 0. The van der Waals surface area contributed by atoms with E-state index in [-0.39, 0.29) is 17.9 Å². The number of sulfonamides is 1. The van der Waals surface area contributed by atoms with E-state index >= 15 is 0 Å². The number of carbonyl (C=O) groups excluding carboxylic acids is 2. The van der Waals surface area contributed by atoms with Crippen LogP contribution >= 0.6 is 0 Å². The molecule has 0 bridgehead atoms. The van der Waals surface area contributed by atoms with Crippen LogP contribution in [0.1, 0.15) is 21.1 Å². The first kappa shape index (κ1) is 14.8. The molecule has 8 heteroatoms. The Morgan fingerprint density at radius 1 is 1.29 bits per heavy atom. The van der Waals surface area contributed by atoms with E-state index in [4.69, 9.17) is 1.37 Å². The predicted octanol–water partition coefficient (Wildman–Crippen LogP) is -0.651. The molecule has 0 saturated carbocycles. The summed E-state index contributed by atoms with van der Waals surface area (Å²) in [7, 11) is -3.33. The van der Waals surface area contributed by atoms with Gasteiger partial charge >= 0.3 is 0 Å². The van der Waals surface area contributed by atoms with Gasteiger partial charge in [-0.25, -0.2) is 8.42 Å². The number of amides is 2. The molecule has 0 N–H and O–H groups in total. The smallest absolute Gasteiger partial charge is 0.237 e. The maximum atomic E-state index is 12.2. The molecule has 7 nitrogen and oxygen atoms in total. The van der Waals surface area contributed by atoms with Gasteiger partial charge in [0.15, 0.2) is 0 Å². The third-order valence-electron chi connectivity index (χ3n) is 4.42. The molecule has 120 valence electrons. The Kier molecular flexibility index (Phi) is 4.17. The van der Waals surface area contributed by atoms with Crippen molar-refractivity contribution in [2.45, 2.75) is 19.8 Å². The molecular weight excluding hydrogens is 294 g/mol. The monoisotopic (exact) mass is 319 g/mol. The van der Waals surface area contributed by atoms with Gasteiger partial charge in [0.25, 0.3) is 0 Å². The van der Waals surface area contributed by atoms with Gasteiger partial charge in [-0.2, -0.15) is 4.31 Å². The van der Waals surface area contributed by atoms with Gasteiger partial charge in [-0.1, -0.05) is 6.92 Å². The number of piperidine rings is 1. The Morgan fingerprint density at radius 2 is 1.90 bits per heavy atom. The SMILES string of the molecule is [3H]C(=O)N1CCC(C)(CN2CCN(S(C)(=O)=O)CC2=O)CC1. The van der Waals surface area contributed by atoms with Crippen molar-refractivity contribution in [3.8, 4) is 0 Å². The van der Waals surface area contributed by atoms with Crippen LogP contribution in [0.2, 0.25) is 0 Å². The second-order valence-corrected chi connectivity index (χ2v) is 8.28. The van der Waals surface area contributed by atoms with Gasteiger partial charge < -0.3 is 9.80 Å². The molecular formula is C13H23N3O4S. The van der Waals surface area contributed by atoms with Crippen LogP contribution in [0.4, 0.5) is 0 Å². The van der Waals surface area contributed by atoms with Crippen LogP contribution in [0.25, 0.3) is 0 Å². The fraction of sp³-hybridized carbons (Fsp3) is 0.846. The molecule has 2 saturated heterocycles. The fourth-order valence-corrected chi connectivity index (χ4v) is 3.65. The van der Waals surface area contributed by atoms with E-state index in [0.717, 1.165) is 19.1 Å². The fourth-order valence-electron chi connectivity index (χ4n) is 2.89. The van der Waals surface area contributed by atoms with Gasteiger partial charge in [-0.05, 0) is 18.3 Å². The third-order valence-corrected chi connectivity index (χ3v) is 5.67. The van der Waals surface area contributed by atoms with Crippen LogP contribution in [0.15, 0.2) is 0 Å². The van der Waals surface area contributed by atoms with Gasteiger partial charge in [0.05, 0.1) is 12.8 Å². The Hall–Kier alpha value is -1.15. The highest BCUT2D eigenvalue weighted by Gasteiger charge is 2.36. The summed E-state index contributed by atoms with van der Waals surface area (Å²) in [4.78, 5) is 26.4. The Bertz CT molecular complexity index is 558. The predicted molar refractivity (Wildman–Crippen MR) is 78.0 cm³/mol. The standard InChI is InChI=1S/C13H23N3O4S/c1-13(3-5-14(11-17)6-4-13)10-15-7-8-16(9-12(15)18)21(2,19)20/h11H,3-10H2,1-2H3/i11T. The first-order valence-corrected chi connectivity index (χ1v) is 8.94. The van der Waals surface area contributed by atoms with Crippen LogP contribution in [-0.2, 0) is 19.6 Å². The van der Waals surface area contributed by atoms with Gasteiger partial charge in [-0.15, -0.1) is 0 Å². The largest absolute Gasteiger partial charge is 0.345 e. The molecule has 0 aliphatic carbocycles. The molecule has 2 fully saturated rings. The molecule has 2 amide bonds. The topological polar surface area (TPSA) is 78.0 Å². The molecule has 0 radical (unpaired) electrons. The number of likely N-dealkylation sites (tertiary alicyclic amines) is 1. The van der Waals surface area contributed by atoms with Gasteiger partial charge in [0.2, 0.25) is 22.3 Å². The average molecular weight is 319 g/mol. The zero-order valence-electron chi connectivity index (χ0n) is 13.5. The van der Waals surface area contributed by atoms with Crippen molar-refractivity contribution in [1.29, 1.82) is 0 Å². The molecule has 2 rings (SSSR count). The van der Waals surface area contributed by atoms with Crippen LogP contribution in [0.3, 0.4) is 0 Å². The average Bonchev–Trinajstić information content (AvgIpc) is 2.40. The number of rotatable bonds is 3. The van der Waals surface area contributed by atoms with Gasteiger partial charge in [-0.3, -0.25) is 9.59 Å². The highest BCUT2D eigenvalue weighted by molar-refractivity contribution is 7.88. The molecule has 21 heavy (non-hydrogen) atoms. The summed E-state index contributed by atoms with van der Waals surface area (Å²) >= 11 is 0. The summed E-state index contributed by atoms with van der Waals surface area (Å²) in [5.41, 5.74) is -0.0884. The quantitative estimate of drug-likeness (QED) is 0.648. The maximum absolute atomic E-state index is 12.2. The van der Waals surface area contributed by atoms with E-state index < -0.39 is 16.4 Å². The van der Waals surface area contributed by atoms with Crippen molar-refractivity contribution >= 4 is 22.3 Å². The van der Waals surface area contributed by atoms with E-state index in [2.05, 4.69) is 6.92 Å². The molecule has 0 aromatic rings. The molecule has 0 aromatic carbocycles. The minimum atomic E-state index is -3.33. The molecule has 0 atom stereocenters. The second-order valence-electron chi connectivity index (χ2n) is 6.30. The first-order chi connectivity index (χ1) is 10.1. The van der Waals surface area contributed by atoms with Gasteiger partial charge in [0.1, 0.15) is 1.37 Å². The summed E-state index contributed by atoms with van der Waals surface area (Å²) in [5.74, 6) is -0.170. The van der Waals surface area contributed by atoms with Crippen LogP contribution < -0.4 is 0 Å². The Morgan fingerprint density at radius 3 is 2.38 bits per heavy atom. The lowest BCUT2D eigenvalue weighted by atomic mass is 9.80. The molecule has 0 unspecified atom stereocenters. The van der Waals surface area contributed by atoms with E-state index in [1.807, 2.05) is 0 Å². The van der Waals surface area contributed by atoms with E-state index in [9.17, 15) is 18.0 Å². The van der Waals surface area contributed by atoms with Crippen molar-refractivity contribution in [2.24, 2.45) is 5.41 Å². The van der Waals surface area contributed by atoms with Crippen molar-refractivity contribution < 1.29 is 19.4 Å². The van der Waals surface area contributed by atoms with Crippen molar-refractivity contribution in [3.63, 3.8) is 0 Å². The number of hydrogen-bond acceptors (Lipinski definition) is 4. The molecule has 2 aliphatic rings. The number of hydrogen-bond donors (Lipinski definition) is 0. The van der Waals surface area contributed by atoms with Crippen molar-refractivity contribution in [1.82, 2.24) is 14.1 Å². The number of carbonyl (C=O) groups is 2. The van der Waals surface area contributed by atoms with Crippen LogP contribution in [0, 0.1) is 5.41 Å². The van der Waals surface area contributed by atoms with Crippen molar-refractivity contribution in [3.05, 3.63) is 0 Å². The molecule has 0 aromatic heterocycles. The summed E-state index contributed by atoms with van der Waals surface area (Å²) < 4.78 is 31.3. The summed E-state index contributed by atoms with van der Waals surface area (Å²) in [6.45, 7) is 4.37. The third kappa shape index (κ3) is 3.94. The highest BCUT2D eigenvalue weighted by atomic mass is 32.2. The zero-order chi connectivity index (χ0) is 16.5. The minimum Gasteiger partial charge on any atom is -0.345 e. The van der Waals surface area contributed by atoms with E-state index in [0.29, 0.717) is 32.7 Å². The number of piperazine rings is 1. The summed E-state index contributed by atoms with van der Waals surface area (Å²) in [5, 5.41) is 0. The van der Waals surface area contributed by atoms with E-state index in [1.165, 1.54) is 9.21 Å².